The average molecular weight is 394 g/mol. The van der Waals surface area contributed by atoms with Crippen LogP contribution in [0.15, 0.2) is 42.5 Å². The summed E-state index contributed by atoms with van der Waals surface area (Å²) in [6.45, 7) is 0.955. The first-order chi connectivity index (χ1) is 12.5. The molecule has 0 radical (unpaired) electrons. The first kappa shape index (κ1) is 18.4. The highest BCUT2D eigenvalue weighted by atomic mass is 35.5. The monoisotopic (exact) mass is 393 g/mol. The van der Waals surface area contributed by atoms with Crippen molar-refractivity contribution >= 4 is 46.5 Å². The predicted molar refractivity (Wildman–Crippen MR) is 102 cm³/mol. The van der Waals surface area contributed by atoms with Crippen molar-refractivity contribution in [2.45, 2.75) is 0 Å². The fourth-order valence-electron chi connectivity index (χ4n) is 2.68. The highest BCUT2D eigenvalue weighted by Gasteiger charge is 2.30. The smallest absolute Gasteiger partial charge is 0.325 e. The number of amides is 3. The van der Waals surface area contributed by atoms with E-state index in [4.69, 9.17) is 27.9 Å². The predicted octanol–water partition coefficient (Wildman–Crippen LogP) is 3.88. The summed E-state index contributed by atoms with van der Waals surface area (Å²) in [7, 11) is 1.59. The van der Waals surface area contributed by atoms with E-state index in [9.17, 15) is 9.59 Å². The lowest BCUT2D eigenvalue weighted by molar-refractivity contribution is -0.116. The minimum absolute atomic E-state index is 0.0360. The first-order valence-electron chi connectivity index (χ1n) is 7.93. The zero-order chi connectivity index (χ0) is 18.7. The fraction of sp³-hybridized carbons (Fsp3) is 0.222. The Labute approximate surface area is 161 Å². The Morgan fingerprint density at radius 2 is 1.85 bits per heavy atom. The van der Waals surface area contributed by atoms with Crippen molar-refractivity contribution in [3.63, 3.8) is 0 Å². The van der Waals surface area contributed by atoms with Gasteiger partial charge in [-0.3, -0.25) is 9.69 Å². The third-order valence-electron chi connectivity index (χ3n) is 4.02. The van der Waals surface area contributed by atoms with Crippen LogP contribution in [0.1, 0.15) is 0 Å². The van der Waals surface area contributed by atoms with Crippen LogP contribution in [0.4, 0.5) is 16.2 Å². The van der Waals surface area contributed by atoms with E-state index < -0.39 is 0 Å². The van der Waals surface area contributed by atoms with Crippen molar-refractivity contribution in [3.05, 3.63) is 52.5 Å². The molecule has 1 aliphatic rings. The Morgan fingerprint density at radius 3 is 2.50 bits per heavy atom. The van der Waals surface area contributed by atoms with Gasteiger partial charge in [-0.25, -0.2) is 4.79 Å². The van der Waals surface area contributed by atoms with Gasteiger partial charge in [-0.2, -0.15) is 0 Å². The van der Waals surface area contributed by atoms with Gasteiger partial charge in [0.25, 0.3) is 0 Å². The molecule has 136 valence electrons. The lowest BCUT2D eigenvalue weighted by atomic mass is 10.3. The second-order valence-corrected chi connectivity index (χ2v) is 6.55. The average Bonchev–Trinajstić information content (AvgIpc) is 2.99. The molecule has 1 N–H and O–H groups in total. The summed E-state index contributed by atoms with van der Waals surface area (Å²) in [5.41, 5.74) is 1.30. The van der Waals surface area contributed by atoms with E-state index in [1.54, 1.807) is 42.3 Å². The van der Waals surface area contributed by atoms with E-state index >= 15 is 0 Å². The summed E-state index contributed by atoms with van der Waals surface area (Å²) in [5.74, 6) is 0.423. The SMILES string of the molecule is COc1ccc(N2CCN(CC(=O)Nc3ccc(Cl)c(Cl)c3)C2=O)cc1. The molecule has 1 fully saturated rings. The van der Waals surface area contributed by atoms with Crippen LogP contribution in [-0.4, -0.2) is 43.6 Å². The molecule has 26 heavy (non-hydrogen) atoms. The Bertz CT molecular complexity index is 827. The number of carbonyl (C=O) groups excluding carboxylic acids is 2. The number of nitrogens with zero attached hydrogens (tertiary/aromatic N) is 2. The van der Waals surface area contributed by atoms with Crippen molar-refractivity contribution < 1.29 is 14.3 Å². The van der Waals surface area contributed by atoms with Crippen LogP contribution < -0.4 is 15.0 Å². The zero-order valence-electron chi connectivity index (χ0n) is 14.0. The topological polar surface area (TPSA) is 61.9 Å². The maximum absolute atomic E-state index is 12.5. The molecular weight excluding hydrogens is 377 g/mol. The molecule has 1 saturated heterocycles. The number of benzene rings is 2. The first-order valence-corrected chi connectivity index (χ1v) is 8.69. The molecule has 1 aliphatic heterocycles. The number of ether oxygens (including phenoxy) is 1. The fourth-order valence-corrected chi connectivity index (χ4v) is 2.98. The second-order valence-electron chi connectivity index (χ2n) is 5.73. The molecule has 0 unspecified atom stereocenters. The van der Waals surface area contributed by atoms with Gasteiger partial charge in [0.05, 0.1) is 17.2 Å². The lowest BCUT2D eigenvalue weighted by Crippen LogP contribution is -2.37. The van der Waals surface area contributed by atoms with Crippen molar-refractivity contribution in [2.24, 2.45) is 0 Å². The number of halogens is 2. The van der Waals surface area contributed by atoms with Gasteiger partial charge < -0.3 is 15.0 Å². The number of methoxy groups -OCH3 is 1. The zero-order valence-corrected chi connectivity index (χ0v) is 15.5. The number of anilines is 2. The van der Waals surface area contributed by atoms with Gasteiger partial charge in [0, 0.05) is 24.5 Å². The van der Waals surface area contributed by atoms with Gasteiger partial charge >= 0.3 is 6.03 Å². The quantitative estimate of drug-likeness (QED) is 0.837. The van der Waals surface area contributed by atoms with E-state index in [0.29, 0.717) is 28.8 Å². The standard InChI is InChI=1S/C18H17Cl2N3O3/c1-26-14-5-3-13(4-6-14)23-9-8-22(18(23)25)11-17(24)21-12-2-7-15(19)16(20)10-12/h2-7,10H,8-9,11H2,1H3,(H,21,24). The number of hydrogen-bond donors (Lipinski definition) is 1. The van der Waals surface area contributed by atoms with E-state index in [0.717, 1.165) is 11.4 Å². The van der Waals surface area contributed by atoms with Gasteiger partial charge in [-0.1, -0.05) is 23.2 Å². The van der Waals surface area contributed by atoms with Gasteiger partial charge in [0.1, 0.15) is 12.3 Å². The molecule has 3 amide bonds. The molecule has 8 heteroatoms. The summed E-state index contributed by atoms with van der Waals surface area (Å²) in [6.07, 6.45) is 0. The van der Waals surface area contributed by atoms with Crippen LogP contribution in [0.2, 0.25) is 10.0 Å². The van der Waals surface area contributed by atoms with E-state index in [1.807, 2.05) is 12.1 Å². The Hall–Kier alpha value is -2.44. The number of urea groups is 1. The maximum Gasteiger partial charge on any atom is 0.325 e. The number of hydrogen-bond acceptors (Lipinski definition) is 3. The Balaban J connectivity index is 1.60. The van der Waals surface area contributed by atoms with Crippen LogP contribution >= 0.6 is 23.2 Å². The molecule has 2 aromatic carbocycles. The lowest BCUT2D eigenvalue weighted by Gasteiger charge is -2.18. The van der Waals surface area contributed by atoms with Gasteiger partial charge in [-0.05, 0) is 42.5 Å². The number of rotatable bonds is 5. The van der Waals surface area contributed by atoms with E-state index in [-0.39, 0.29) is 18.5 Å². The second kappa shape index (κ2) is 7.85. The summed E-state index contributed by atoms with van der Waals surface area (Å²) in [6, 6.07) is 11.8. The maximum atomic E-state index is 12.5. The van der Waals surface area contributed by atoms with Crippen molar-refractivity contribution in [2.75, 3.05) is 37.0 Å². The molecule has 0 aliphatic carbocycles. The van der Waals surface area contributed by atoms with Gasteiger partial charge in [0.2, 0.25) is 5.91 Å². The largest absolute Gasteiger partial charge is 0.497 e. The summed E-state index contributed by atoms with van der Waals surface area (Å²) < 4.78 is 5.12. The number of nitrogens with one attached hydrogen (secondary N) is 1. The minimum atomic E-state index is -0.298. The molecule has 0 saturated carbocycles. The number of carbonyl (C=O) groups is 2. The van der Waals surface area contributed by atoms with E-state index in [1.165, 1.54) is 4.90 Å². The van der Waals surface area contributed by atoms with Crippen molar-refractivity contribution in [1.82, 2.24) is 4.90 Å². The Morgan fingerprint density at radius 1 is 1.12 bits per heavy atom. The van der Waals surface area contributed by atoms with Crippen molar-refractivity contribution in [1.29, 1.82) is 0 Å². The molecule has 0 spiro atoms. The third kappa shape index (κ3) is 4.03. The van der Waals surface area contributed by atoms with Gasteiger partial charge in [0.15, 0.2) is 0 Å². The summed E-state index contributed by atoms with van der Waals surface area (Å²) in [4.78, 5) is 27.9. The van der Waals surface area contributed by atoms with E-state index in [2.05, 4.69) is 5.32 Å². The molecule has 6 nitrogen and oxygen atoms in total. The molecule has 1 heterocycles. The molecule has 0 atom stereocenters. The molecular formula is C18H17Cl2N3O3. The van der Waals surface area contributed by atoms with Crippen molar-refractivity contribution in [3.8, 4) is 5.75 Å². The van der Waals surface area contributed by atoms with Crippen LogP contribution in [0.3, 0.4) is 0 Å². The summed E-state index contributed by atoms with van der Waals surface area (Å²) >= 11 is 11.8. The van der Waals surface area contributed by atoms with Crippen LogP contribution in [-0.2, 0) is 4.79 Å². The minimum Gasteiger partial charge on any atom is -0.497 e. The Kier molecular flexibility index (Phi) is 5.54. The van der Waals surface area contributed by atoms with Gasteiger partial charge in [-0.15, -0.1) is 0 Å². The molecule has 2 aromatic rings. The third-order valence-corrected chi connectivity index (χ3v) is 4.76. The molecule has 0 bridgehead atoms. The van der Waals surface area contributed by atoms with Crippen LogP contribution in [0.5, 0.6) is 5.75 Å². The molecule has 0 aromatic heterocycles. The highest BCUT2D eigenvalue weighted by molar-refractivity contribution is 6.42. The normalized spacial score (nSPS) is 13.9. The summed E-state index contributed by atoms with van der Waals surface area (Å²) in [5, 5.41) is 3.48. The van der Waals surface area contributed by atoms with Crippen LogP contribution in [0, 0.1) is 0 Å². The van der Waals surface area contributed by atoms with Crippen LogP contribution in [0.25, 0.3) is 0 Å². The highest BCUT2D eigenvalue weighted by Crippen LogP contribution is 2.25. The molecule has 3 rings (SSSR count).